The molecule has 0 saturated heterocycles. The monoisotopic (exact) mass is 291 g/mol. The van der Waals surface area contributed by atoms with Crippen LogP contribution in [0.15, 0.2) is 18.2 Å². The van der Waals surface area contributed by atoms with Gasteiger partial charge in [-0.05, 0) is 24.5 Å². The summed E-state index contributed by atoms with van der Waals surface area (Å²) in [7, 11) is 1.75. The van der Waals surface area contributed by atoms with Crippen molar-refractivity contribution in [3.8, 4) is 11.1 Å². The lowest BCUT2D eigenvalue weighted by molar-refractivity contribution is 0.534. The number of halogens is 2. The Morgan fingerprint density at radius 3 is 2.67 bits per heavy atom. The van der Waals surface area contributed by atoms with Crippen LogP contribution < -0.4 is 5.73 Å². The third kappa shape index (κ3) is 2.64. The molecule has 3 nitrogen and oxygen atoms in total. The molecule has 2 N–H and O–H groups in total. The molecule has 1 aromatic heterocycles. The van der Waals surface area contributed by atoms with Gasteiger partial charge in [-0.2, -0.15) is 5.10 Å². The molecule has 2 aromatic rings. The highest BCUT2D eigenvalue weighted by atomic mass is 19.1. The number of benzene rings is 1. The van der Waals surface area contributed by atoms with Gasteiger partial charge in [-0.15, -0.1) is 0 Å². The fourth-order valence-corrected chi connectivity index (χ4v) is 3.21. The van der Waals surface area contributed by atoms with Crippen LogP contribution in [-0.4, -0.2) is 9.78 Å². The zero-order chi connectivity index (χ0) is 15.0. The van der Waals surface area contributed by atoms with Gasteiger partial charge in [0, 0.05) is 24.2 Å². The molecule has 0 unspecified atom stereocenters. The topological polar surface area (TPSA) is 43.8 Å². The van der Waals surface area contributed by atoms with Gasteiger partial charge in [0.2, 0.25) is 0 Å². The molecule has 1 aliphatic rings. The summed E-state index contributed by atoms with van der Waals surface area (Å²) in [6.07, 6.45) is 5.65. The van der Waals surface area contributed by atoms with Crippen molar-refractivity contribution in [2.75, 3.05) is 5.73 Å². The molecule has 21 heavy (non-hydrogen) atoms. The molecule has 1 aliphatic carbocycles. The van der Waals surface area contributed by atoms with E-state index < -0.39 is 11.6 Å². The summed E-state index contributed by atoms with van der Waals surface area (Å²) in [5.41, 5.74) is 7.81. The van der Waals surface area contributed by atoms with Crippen LogP contribution in [0.1, 0.15) is 31.4 Å². The molecule has 0 bridgehead atoms. The number of nitrogen functional groups attached to an aromatic ring is 1. The Balaban J connectivity index is 2.03. The van der Waals surface area contributed by atoms with Crippen LogP contribution in [-0.2, 0) is 13.5 Å². The number of aromatic nitrogens is 2. The summed E-state index contributed by atoms with van der Waals surface area (Å²) in [6, 6.07) is 3.58. The molecule has 1 saturated carbocycles. The molecule has 5 heteroatoms. The van der Waals surface area contributed by atoms with Gasteiger partial charge in [0.15, 0.2) is 0 Å². The van der Waals surface area contributed by atoms with E-state index in [1.54, 1.807) is 11.7 Å². The van der Waals surface area contributed by atoms with Crippen molar-refractivity contribution in [1.82, 2.24) is 9.78 Å². The lowest BCUT2D eigenvalue weighted by Gasteiger charge is -2.09. The molecule has 0 amide bonds. The Labute approximate surface area is 122 Å². The third-order valence-corrected chi connectivity index (χ3v) is 4.32. The first-order valence-corrected chi connectivity index (χ1v) is 7.33. The van der Waals surface area contributed by atoms with Gasteiger partial charge >= 0.3 is 0 Å². The number of nitrogens with zero attached hydrogens (tertiary/aromatic N) is 2. The normalized spacial score (nSPS) is 15.8. The average molecular weight is 291 g/mol. The van der Waals surface area contributed by atoms with Gasteiger partial charge in [-0.1, -0.05) is 25.7 Å². The van der Waals surface area contributed by atoms with Crippen LogP contribution in [0, 0.1) is 17.6 Å². The van der Waals surface area contributed by atoms with Crippen molar-refractivity contribution in [2.24, 2.45) is 13.0 Å². The predicted molar refractivity (Wildman–Crippen MR) is 78.6 cm³/mol. The Hall–Kier alpha value is -1.91. The van der Waals surface area contributed by atoms with Gasteiger partial charge in [0.1, 0.15) is 17.5 Å². The van der Waals surface area contributed by atoms with Gasteiger partial charge in [0.25, 0.3) is 0 Å². The summed E-state index contributed by atoms with van der Waals surface area (Å²) in [4.78, 5) is 0. The van der Waals surface area contributed by atoms with Crippen LogP contribution in [0.25, 0.3) is 11.1 Å². The Morgan fingerprint density at radius 1 is 1.29 bits per heavy atom. The number of hydrogen-bond donors (Lipinski definition) is 1. The SMILES string of the molecule is Cn1nc(CC2CCCC2)c(-c2ccc(F)cc2F)c1N. The first-order chi connectivity index (χ1) is 10.1. The summed E-state index contributed by atoms with van der Waals surface area (Å²) >= 11 is 0. The van der Waals surface area contributed by atoms with Gasteiger partial charge in [-0.3, -0.25) is 4.68 Å². The van der Waals surface area contributed by atoms with E-state index in [1.807, 2.05) is 0 Å². The lowest BCUT2D eigenvalue weighted by atomic mass is 9.96. The van der Waals surface area contributed by atoms with E-state index in [4.69, 9.17) is 5.73 Å². The van der Waals surface area contributed by atoms with Gasteiger partial charge in [-0.25, -0.2) is 8.78 Å². The van der Waals surface area contributed by atoms with Crippen molar-refractivity contribution in [1.29, 1.82) is 0 Å². The molecule has 1 fully saturated rings. The summed E-state index contributed by atoms with van der Waals surface area (Å²) in [5.74, 6) is -0.173. The molecular formula is C16H19F2N3. The third-order valence-electron chi connectivity index (χ3n) is 4.32. The van der Waals surface area contributed by atoms with Crippen LogP contribution in [0.5, 0.6) is 0 Å². The average Bonchev–Trinajstić information content (AvgIpc) is 3.02. The number of aryl methyl sites for hydroxylation is 1. The first-order valence-electron chi connectivity index (χ1n) is 7.33. The van der Waals surface area contributed by atoms with Crippen LogP contribution in [0.4, 0.5) is 14.6 Å². The Morgan fingerprint density at radius 2 is 2.00 bits per heavy atom. The van der Waals surface area contributed by atoms with E-state index in [0.29, 0.717) is 22.9 Å². The second kappa shape index (κ2) is 5.47. The molecule has 0 spiro atoms. The Bertz CT molecular complexity index is 658. The van der Waals surface area contributed by atoms with E-state index >= 15 is 0 Å². The highest BCUT2D eigenvalue weighted by Crippen LogP contribution is 2.35. The van der Waals surface area contributed by atoms with Crippen LogP contribution in [0.2, 0.25) is 0 Å². The van der Waals surface area contributed by atoms with Crippen molar-refractivity contribution in [3.05, 3.63) is 35.5 Å². The number of nitrogens with two attached hydrogens (primary N) is 1. The number of anilines is 1. The van der Waals surface area contributed by atoms with Gasteiger partial charge in [0.05, 0.1) is 5.69 Å². The van der Waals surface area contributed by atoms with Crippen molar-refractivity contribution >= 4 is 5.82 Å². The molecular weight excluding hydrogens is 272 g/mol. The second-order valence-electron chi connectivity index (χ2n) is 5.81. The minimum atomic E-state index is -0.595. The smallest absolute Gasteiger partial charge is 0.134 e. The maximum atomic E-state index is 14.1. The molecule has 0 aliphatic heterocycles. The van der Waals surface area contributed by atoms with Crippen LogP contribution in [0.3, 0.4) is 0 Å². The largest absolute Gasteiger partial charge is 0.383 e. The predicted octanol–water partition coefficient (Wildman–Crippen LogP) is 3.68. The molecule has 1 aromatic carbocycles. The van der Waals surface area contributed by atoms with Crippen LogP contribution >= 0.6 is 0 Å². The fraction of sp³-hybridized carbons (Fsp3) is 0.438. The quantitative estimate of drug-likeness (QED) is 0.937. The highest BCUT2D eigenvalue weighted by molar-refractivity contribution is 5.77. The van der Waals surface area contributed by atoms with E-state index in [9.17, 15) is 8.78 Å². The fourth-order valence-electron chi connectivity index (χ4n) is 3.21. The maximum Gasteiger partial charge on any atom is 0.134 e. The van der Waals surface area contributed by atoms with Crippen molar-refractivity contribution in [2.45, 2.75) is 32.1 Å². The van der Waals surface area contributed by atoms with Gasteiger partial charge < -0.3 is 5.73 Å². The van der Waals surface area contributed by atoms with E-state index in [1.165, 1.54) is 37.8 Å². The molecule has 0 radical (unpaired) electrons. The zero-order valence-corrected chi connectivity index (χ0v) is 12.1. The second-order valence-corrected chi connectivity index (χ2v) is 5.81. The molecule has 3 rings (SSSR count). The van der Waals surface area contributed by atoms with Crippen molar-refractivity contribution < 1.29 is 8.78 Å². The first kappa shape index (κ1) is 14.0. The highest BCUT2D eigenvalue weighted by Gasteiger charge is 2.23. The standard InChI is InChI=1S/C16H19F2N3/c1-21-16(19)15(12-7-6-11(17)9-13(12)18)14(20-21)8-10-4-2-3-5-10/h6-7,9-10H,2-5,8,19H2,1H3. The van der Waals surface area contributed by atoms with E-state index in [0.717, 1.165) is 18.2 Å². The number of rotatable bonds is 3. The van der Waals surface area contributed by atoms with E-state index in [2.05, 4.69) is 5.10 Å². The summed E-state index contributed by atoms with van der Waals surface area (Å²) < 4.78 is 28.8. The molecule has 0 atom stereocenters. The number of hydrogen-bond acceptors (Lipinski definition) is 2. The zero-order valence-electron chi connectivity index (χ0n) is 12.1. The minimum Gasteiger partial charge on any atom is -0.383 e. The minimum absolute atomic E-state index is 0.329. The summed E-state index contributed by atoms with van der Waals surface area (Å²) in [6.45, 7) is 0. The van der Waals surface area contributed by atoms with Crippen molar-refractivity contribution in [3.63, 3.8) is 0 Å². The summed E-state index contributed by atoms with van der Waals surface area (Å²) in [5, 5.41) is 4.44. The molecule has 1 heterocycles. The van der Waals surface area contributed by atoms with E-state index in [-0.39, 0.29) is 0 Å². The Kier molecular flexibility index (Phi) is 3.66. The lowest BCUT2D eigenvalue weighted by Crippen LogP contribution is -2.02. The molecule has 112 valence electrons. The maximum absolute atomic E-state index is 14.1.